The number of ether oxygens (including phenoxy) is 1. The average Bonchev–Trinajstić information content (AvgIpc) is 2.34. The summed E-state index contributed by atoms with van der Waals surface area (Å²) in [6, 6.07) is 6.93. The summed E-state index contributed by atoms with van der Waals surface area (Å²) in [6.07, 6.45) is 1.67. The summed E-state index contributed by atoms with van der Waals surface area (Å²) in [6.45, 7) is 4.93. The summed E-state index contributed by atoms with van der Waals surface area (Å²) in [5.74, 6) is 0.594. The second-order valence-electron chi connectivity index (χ2n) is 3.17. The van der Waals surface area contributed by atoms with E-state index in [1.807, 2.05) is 0 Å². The number of rotatable bonds is 6. The first-order chi connectivity index (χ1) is 7.77. The molecule has 0 atom stereocenters. The fourth-order valence-corrected chi connectivity index (χ4v) is 1.15. The minimum Gasteiger partial charge on any atom is -0.490 e. The van der Waals surface area contributed by atoms with Gasteiger partial charge in [0.15, 0.2) is 0 Å². The van der Waals surface area contributed by atoms with E-state index < -0.39 is 0 Å². The molecule has 0 bridgehead atoms. The fourth-order valence-electron chi connectivity index (χ4n) is 1.15. The number of benzene rings is 1. The Balaban J connectivity index is 0.00000256. The first-order valence-electron chi connectivity index (χ1n) is 5.10. The van der Waals surface area contributed by atoms with Crippen molar-refractivity contribution in [3.8, 4) is 5.75 Å². The average molecular weight is 257 g/mol. The van der Waals surface area contributed by atoms with E-state index in [1.165, 1.54) is 0 Å². The smallest absolute Gasteiger partial charge is 0.251 e. The molecule has 1 aromatic rings. The lowest BCUT2D eigenvalue weighted by Gasteiger charge is -2.05. The third-order valence-corrected chi connectivity index (χ3v) is 1.91. The van der Waals surface area contributed by atoms with Crippen LogP contribution in [0.2, 0.25) is 0 Å². The van der Waals surface area contributed by atoms with E-state index in [9.17, 15) is 4.79 Å². The van der Waals surface area contributed by atoms with E-state index in [-0.39, 0.29) is 18.3 Å². The Morgan fingerprint density at radius 3 is 2.59 bits per heavy atom. The highest BCUT2D eigenvalue weighted by Gasteiger charge is 2.03. The normalized spacial score (nSPS) is 9.00. The van der Waals surface area contributed by atoms with Gasteiger partial charge in [-0.15, -0.1) is 12.4 Å². The zero-order valence-corrected chi connectivity index (χ0v) is 10.3. The van der Waals surface area contributed by atoms with E-state index in [2.05, 4.69) is 11.9 Å². The molecule has 0 fully saturated rings. The third-order valence-electron chi connectivity index (χ3n) is 1.91. The van der Waals surface area contributed by atoms with Crippen LogP contribution in [0.4, 0.5) is 0 Å². The molecule has 0 saturated carbocycles. The van der Waals surface area contributed by atoms with Crippen molar-refractivity contribution < 1.29 is 9.53 Å². The summed E-state index contributed by atoms with van der Waals surface area (Å²) in [5, 5.41) is 2.69. The highest BCUT2D eigenvalue weighted by atomic mass is 35.5. The molecule has 3 N–H and O–H groups in total. The van der Waals surface area contributed by atoms with Gasteiger partial charge in [-0.1, -0.05) is 12.7 Å². The van der Waals surface area contributed by atoms with Crippen molar-refractivity contribution in [1.29, 1.82) is 0 Å². The molecule has 5 heteroatoms. The Morgan fingerprint density at radius 1 is 1.41 bits per heavy atom. The van der Waals surface area contributed by atoms with Crippen LogP contribution in [0.15, 0.2) is 36.9 Å². The Labute approximate surface area is 107 Å². The summed E-state index contributed by atoms with van der Waals surface area (Å²) >= 11 is 0. The monoisotopic (exact) mass is 256 g/mol. The van der Waals surface area contributed by atoms with E-state index >= 15 is 0 Å². The van der Waals surface area contributed by atoms with Crippen LogP contribution in [0.3, 0.4) is 0 Å². The van der Waals surface area contributed by atoms with Crippen LogP contribution in [-0.2, 0) is 0 Å². The van der Waals surface area contributed by atoms with Crippen LogP contribution in [-0.4, -0.2) is 25.6 Å². The SMILES string of the molecule is C=CCOc1ccc(C(=O)NCCN)cc1.Cl. The van der Waals surface area contributed by atoms with Crippen LogP contribution in [0.25, 0.3) is 0 Å². The van der Waals surface area contributed by atoms with Gasteiger partial charge in [-0.05, 0) is 24.3 Å². The molecule has 4 nitrogen and oxygen atoms in total. The number of amides is 1. The lowest BCUT2D eigenvalue weighted by Crippen LogP contribution is -2.28. The van der Waals surface area contributed by atoms with Gasteiger partial charge in [-0.2, -0.15) is 0 Å². The Morgan fingerprint density at radius 2 is 2.06 bits per heavy atom. The standard InChI is InChI=1S/C12H16N2O2.ClH/c1-2-9-16-11-5-3-10(4-6-11)12(15)14-8-7-13;/h2-6H,1,7-9,13H2,(H,14,15);1H. The van der Waals surface area contributed by atoms with Crippen molar-refractivity contribution in [1.82, 2.24) is 5.32 Å². The molecule has 0 spiro atoms. The maximum Gasteiger partial charge on any atom is 0.251 e. The molecule has 0 aliphatic carbocycles. The molecular formula is C12H17ClN2O2. The van der Waals surface area contributed by atoms with Gasteiger partial charge < -0.3 is 15.8 Å². The number of nitrogens with one attached hydrogen (secondary N) is 1. The number of carbonyl (C=O) groups is 1. The van der Waals surface area contributed by atoms with Crippen molar-refractivity contribution in [3.63, 3.8) is 0 Å². The lowest BCUT2D eigenvalue weighted by molar-refractivity contribution is 0.0954. The molecule has 94 valence electrons. The van der Waals surface area contributed by atoms with Gasteiger partial charge in [0.05, 0.1) is 0 Å². The fraction of sp³-hybridized carbons (Fsp3) is 0.250. The minimum atomic E-state index is -0.124. The molecule has 0 unspecified atom stereocenters. The number of carbonyl (C=O) groups excluding carboxylic acids is 1. The number of hydrogen-bond acceptors (Lipinski definition) is 3. The Kier molecular flexibility index (Phi) is 7.84. The predicted octanol–water partition coefficient (Wildman–Crippen LogP) is 1.36. The van der Waals surface area contributed by atoms with E-state index in [1.54, 1.807) is 30.3 Å². The van der Waals surface area contributed by atoms with Crippen molar-refractivity contribution >= 4 is 18.3 Å². The quantitative estimate of drug-likeness (QED) is 0.756. The first-order valence-corrected chi connectivity index (χ1v) is 5.10. The zero-order chi connectivity index (χ0) is 11.8. The maximum atomic E-state index is 11.5. The van der Waals surface area contributed by atoms with Gasteiger partial charge in [0.1, 0.15) is 12.4 Å². The van der Waals surface area contributed by atoms with Crippen LogP contribution in [0, 0.1) is 0 Å². The van der Waals surface area contributed by atoms with Crippen molar-refractivity contribution in [3.05, 3.63) is 42.5 Å². The Bertz CT molecular complexity index is 352. The second-order valence-corrected chi connectivity index (χ2v) is 3.17. The van der Waals surface area contributed by atoms with Crippen molar-refractivity contribution in [2.24, 2.45) is 5.73 Å². The lowest BCUT2D eigenvalue weighted by atomic mass is 10.2. The number of hydrogen-bond donors (Lipinski definition) is 2. The first kappa shape index (κ1) is 15.5. The van der Waals surface area contributed by atoms with Gasteiger partial charge in [-0.3, -0.25) is 4.79 Å². The topological polar surface area (TPSA) is 64.3 Å². The highest BCUT2D eigenvalue weighted by Crippen LogP contribution is 2.11. The molecule has 0 heterocycles. The molecule has 1 rings (SSSR count). The van der Waals surface area contributed by atoms with Crippen LogP contribution < -0.4 is 15.8 Å². The minimum absolute atomic E-state index is 0. The predicted molar refractivity (Wildman–Crippen MR) is 70.8 cm³/mol. The number of nitrogens with two attached hydrogens (primary N) is 1. The zero-order valence-electron chi connectivity index (χ0n) is 9.52. The van der Waals surface area contributed by atoms with Crippen LogP contribution in [0.5, 0.6) is 5.75 Å². The van der Waals surface area contributed by atoms with E-state index in [4.69, 9.17) is 10.5 Å². The molecular weight excluding hydrogens is 240 g/mol. The molecule has 1 amide bonds. The molecule has 1 aromatic carbocycles. The number of halogens is 1. The van der Waals surface area contributed by atoms with Gasteiger partial charge in [-0.25, -0.2) is 0 Å². The van der Waals surface area contributed by atoms with Gasteiger partial charge in [0.25, 0.3) is 5.91 Å². The summed E-state index contributed by atoms with van der Waals surface area (Å²) in [7, 11) is 0. The van der Waals surface area contributed by atoms with Gasteiger partial charge in [0, 0.05) is 18.7 Å². The summed E-state index contributed by atoms with van der Waals surface area (Å²) in [5.41, 5.74) is 5.89. The van der Waals surface area contributed by atoms with Crippen molar-refractivity contribution in [2.75, 3.05) is 19.7 Å². The van der Waals surface area contributed by atoms with Crippen LogP contribution in [0.1, 0.15) is 10.4 Å². The maximum absolute atomic E-state index is 11.5. The molecule has 0 radical (unpaired) electrons. The summed E-state index contributed by atoms with van der Waals surface area (Å²) in [4.78, 5) is 11.5. The second kappa shape index (κ2) is 8.61. The van der Waals surface area contributed by atoms with Gasteiger partial charge >= 0.3 is 0 Å². The van der Waals surface area contributed by atoms with E-state index in [0.717, 1.165) is 5.75 Å². The summed E-state index contributed by atoms with van der Waals surface area (Å²) < 4.78 is 5.30. The molecule has 0 saturated heterocycles. The molecule has 0 aliphatic rings. The third kappa shape index (κ3) is 5.38. The molecule has 17 heavy (non-hydrogen) atoms. The molecule has 0 aliphatic heterocycles. The Hall–Kier alpha value is -1.52. The largest absolute Gasteiger partial charge is 0.490 e. The highest BCUT2D eigenvalue weighted by molar-refractivity contribution is 5.94. The van der Waals surface area contributed by atoms with Gasteiger partial charge in [0.2, 0.25) is 0 Å². The van der Waals surface area contributed by atoms with Crippen molar-refractivity contribution in [2.45, 2.75) is 0 Å². The van der Waals surface area contributed by atoms with Crippen LogP contribution >= 0.6 is 12.4 Å². The van der Waals surface area contributed by atoms with E-state index in [0.29, 0.717) is 25.3 Å². The molecule has 0 aromatic heterocycles.